The molecule has 0 atom stereocenters. The fourth-order valence-electron chi connectivity index (χ4n) is 3.20. The van der Waals surface area contributed by atoms with Crippen LogP contribution >= 0.6 is 11.6 Å². The Morgan fingerprint density at radius 1 is 1.13 bits per heavy atom. The summed E-state index contributed by atoms with van der Waals surface area (Å²) in [5, 5.41) is 7.57. The van der Waals surface area contributed by atoms with Crippen LogP contribution in [0.2, 0.25) is 5.02 Å². The maximum absolute atomic E-state index is 14.1. The smallest absolute Gasteiger partial charge is 0.329 e. The zero-order valence-corrected chi connectivity index (χ0v) is 16.9. The first-order valence-corrected chi connectivity index (χ1v) is 9.34. The van der Waals surface area contributed by atoms with E-state index >= 15 is 0 Å². The third-order valence-electron chi connectivity index (χ3n) is 4.77. The first-order chi connectivity index (χ1) is 14.5. The van der Waals surface area contributed by atoms with Gasteiger partial charge in [-0.05, 0) is 24.3 Å². The third-order valence-corrected chi connectivity index (χ3v) is 5.18. The van der Waals surface area contributed by atoms with Gasteiger partial charge in [0.1, 0.15) is 23.3 Å². The number of carbonyl (C=O) groups is 1. The number of halogens is 6. The number of amidine groups is 2. The normalized spacial score (nSPS) is 16.0. The Morgan fingerprint density at radius 3 is 2.45 bits per heavy atom. The Kier molecular flexibility index (Phi) is 6.30. The Morgan fingerprint density at radius 2 is 1.84 bits per heavy atom. The molecule has 0 radical (unpaired) electrons. The van der Waals surface area contributed by atoms with Gasteiger partial charge in [0.2, 0.25) is 0 Å². The van der Waals surface area contributed by atoms with E-state index in [1.165, 1.54) is 22.9 Å². The highest BCUT2D eigenvalue weighted by Crippen LogP contribution is 2.36. The van der Waals surface area contributed by atoms with Gasteiger partial charge >= 0.3 is 6.18 Å². The lowest BCUT2D eigenvalue weighted by Crippen LogP contribution is -2.54. The molecule has 0 bridgehead atoms. The van der Waals surface area contributed by atoms with Crippen molar-refractivity contribution in [2.45, 2.75) is 6.18 Å². The van der Waals surface area contributed by atoms with Crippen molar-refractivity contribution in [2.75, 3.05) is 26.7 Å². The Hall–Kier alpha value is -3.01. The zero-order chi connectivity index (χ0) is 22.9. The number of alkyl halides is 3. The minimum atomic E-state index is -4.71. The first kappa shape index (κ1) is 22.7. The Bertz CT molecular complexity index is 1070. The molecule has 1 amide bonds. The number of nitrogens with zero attached hydrogens (tertiary/aromatic N) is 3. The van der Waals surface area contributed by atoms with E-state index in [4.69, 9.17) is 17.0 Å². The van der Waals surface area contributed by atoms with Crippen LogP contribution in [-0.4, -0.2) is 54.1 Å². The highest BCUT2D eigenvalue weighted by Gasteiger charge is 2.36. The van der Waals surface area contributed by atoms with Crippen molar-refractivity contribution < 1.29 is 26.7 Å². The largest absolute Gasteiger partial charge is 0.417 e. The lowest BCUT2D eigenvalue weighted by molar-refractivity contribution is -0.137. The molecule has 11 heteroatoms. The molecule has 1 N–H and O–H groups in total. The molecule has 0 aliphatic carbocycles. The quantitative estimate of drug-likeness (QED) is 0.411. The molecule has 3 rings (SSSR count). The number of amides is 1. The molecular formula is C20H16ClF5N4O. The van der Waals surface area contributed by atoms with Gasteiger partial charge < -0.3 is 9.80 Å². The van der Waals surface area contributed by atoms with Crippen molar-refractivity contribution in [3.63, 3.8) is 0 Å². The number of rotatable bonds is 2. The molecular weight excluding hydrogens is 443 g/mol. The summed E-state index contributed by atoms with van der Waals surface area (Å²) < 4.78 is 66.5. The van der Waals surface area contributed by atoms with Crippen molar-refractivity contribution in [2.24, 2.45) is 4.99 Å². The van der Waals surface area contributed by atoms with Gasteiger partial charge in [-0.1, -0.05) is 17.7 Å². The second-order valence-corrected chi connectivity index (χ2v) is 7.03. The van der Waals surface area contributed by atoms with Gasteiger partial charge in [0.05, 0.1) is 28.3 Å². The third kappa shape index (κ3) is 4.53. The summed E-state index contributed by atoms with van der Waals surface area (Å²) in [5.74, 6) is -2.49. The highest BCUT2D eigenvalue weighted by atomic mass is 35.5. The van der Waals surface area contributed by atoms with Crippen LogP contribution in [0.4, 0.5) is 22.0 Å². The summed E-state index contributed by atoms with van der Waals surface area (Å²) in [6.45, 7) is -0.0760. The second-order valence-electron chi connectivity index (χ2n) is 6.66. The zero-order valence-electron chi connectivity index (χ0n) is 16.1. The fourth-order valence-corrected chi connectivity index (χ4v) is 3.52. The van der Waals surface area contributed by atoms with Gasteiger partial charge in [-0.25, -0.2) is 8.78 Å². The lowest BCUT2D eigenvalue weighted by atomic mass is 10.1. The van der Waals surface area contributed by atoms with E-state index < -0.39 is 34.3 Å². The number of hydrogen-bond acceptors (Lipinski definition) is 3. The van der Waals surface area contributed by atoms with Crippen molar-refractivity contribution in [1.82, 2.24) is 9.80 Å². The van der Waals surface area contributed by atoms with Gasteiger partial charge in [0.15, 0.2) is 0 Å². The molecule has 1 aliphatic rings. The average Bonchev–Trinajstić information content (AvgIpc) is 2.71. The molecule has 0 saturated carbocycles. The van der Waals surface area contributed by atoms with E-state index in [0.29, 0.717) is 6.07 Å². The van der Waals surface area contributed by atoms with E-state index in [-0.39, 0.29) is 42.4 Å². The second kappa shape index (κ2) is 8.62. The average molecular weight is 459 g/mol. The van der Waals surface area contributed by atoms with Crippen LogP contribution in [0.1, 0.15) is 21.5 Å². The van der Waals surface area contributed by atoms with Crippen LogP contribution in [0.15, 0.2) is 41.4 Å². The van der Waals surface area contributed by atoms with Crippen LogP contribution in [0, 0.1) is 17.0 Å². The molecule has 2 aromatic rings. The number of piperazine rings is 1. The standard InChI is InChI=1S/C20H16ClF5N4O/c1-28-16-10-29(19(31)13-3-2-4-14(17(13)21)20(24,25)26)7-8-30(16)18(27)12-6-5-11(22)9-15(12)23/h2-6,9,27H,7-8,10H2,1H3. The summed E-state index contributed by atoms with van der Waals surface area (Å²) in [7, 11) is 1.40. The van der Waals surface area contributed by atoms with Crippen LogP contribution in [0.25, 0.3) is 0 Å². The molecule has 5 nitrogen and oxygen atoms in total. The van der Waals surface area contributed by atoms with Crippen LogP contribution in [-0.2, 0) is 6.18 Å². The van der Waals surface area contributed by atoms with Gasteiger partial charge in [-0.3, -0.25) is 15.2 Å². The van der Waals surface area contributed by atoms with Crippen LogP contribution in [0.3, 0.4) is 0 Å². The number of nitrogens with one attached hydrogen (secondary N) is 1. The number of carbonyl (C=O) groups excluding carboxylic acids is 1. The van der Waals surface area contributed by atoms with Crippen molar-refractivity contribution in [1.29, 1.82) is 5.41 Å². The molecule has 0 spiro atoms. The van der Waals surface area contributed by atoms with E-state index in [1.807, 2.05) is 0 Å². The van der Waals surface area contributed by atoms with Crippen LogP contribution in [0.5, 0.6) is 0 Å². The fraction of sp³-hybridized carbons (Fsp3) is 0.250. The topological polar surface area (TPSA) is 59.8 Å². The minimum Gasteiger partial charge on any atom is -0.329 e. The van der Waals surface area contributed by atoms with Gasteiger partial charge in [-0.2, -0.15) is 13.2 Å². The lowest BCUT2D eigenvalue weighted by Gasteiger charge is -2.37. The molecule has 2 aromatic carbocycles. The highest BCUT2D eigenvalue weighted by molar-refractivity contribution is 6.34. The molecule has 0 unspecified atom stereocenters. The molecule has 1 aliphatic heterocycles. The van der Waals surface area contributed by atoms with Crippen molar-refractivity contribution in [3.05, 3.63) is 69.7 Å². The predicted octanol–water partition coefficient (Wildman–Crippen LogP) is 4.45. The summed E-state index contributed by atoms with van der Waals surface area (Å²) in [6.07, 6.45) is -4.71. The number of aliphatic imine (C=N–C) groups is 1. The Labute approximate surface area is 179 Å². The predicted molar refractivity (Wildman–Crippen MR) is 106 cm³/mol. The first-order valence-electron chi connectivity index (χ1n) is 8.96. The molecule has 1 heterocycles. The van der Waals surface area contributed by atoms with Gasteiger partial charge in [-0.15, -0.1) is 0 Å². The monoisotopic (exact) mass is 458 g/mol. The number of benzene rings is 2. The minimum absolute atomic E-state index is 0.0234. The summed E-state index contributed by atoms with van der Waals surface area (Å²) >= 11 is 5.85. The van der Waals surface area contributed by atoms with Crippen molar-refractivity contribution >= 4 is 29.2 Å². The van der Waals surface area contributed by atoms with Crippen molar-refractivity contribution in [3.8, 4) is 0 Å². The summed E-state index contributed by atoms with van der Waals surface area (Å²) in [6, 6.07) is 5.88. The van der Waals surface area contributed by atoms with E-state index in [2.05, 4.69) is 4.99 Å². The van der Waals surface area contributed by atoms with Crippen LogP contribution < -0.4 is 0 Å². The Balaban J connectivity index is 1.83. The summed E-state index contributed by atoms with van der Waals surface area (Å²) in [4.78, 5) is 19.5. The molecule has 0 aromatic heterocycles. The molecule has 164 valence electrons. The molecule has 1 saturated heterocycles. The molecule has 31 heavy (non-hydrogen) atoms. The molecule has 1 fully saturated rings. The maximum atomic E-state index is 14.1. The van der Waals surface area contributed by atoms with E-state index in [9.17, 15) is 26.7 Å². The SMILES string of the molecule is CN=C1CN(C(=O)c2cccc(C(F)(F)F)c2Cl)CCN1C(=N)c1ccc(F)cc1F. The van der Waals surface area contributed by atoms with Gasteiger partial charge in [0.25, 0.3) is 5.91 Å². The summed E-state index contributed by atoms with van der Waals surface area (Å²) in [5.41, 5.74) is -1.57. The van der Waals surface area contributed by atoms with Gasteiger partial charge in [0, 0.05) is 26.2 Å². The van der Waals surface area contributed by atoms with E-state index in [0.717, 1.165) is 24.3 Å². The van der Waals surface area contributed by atoms with E-state index in [1.54, 1.807) is 0 Å². The maximum Gasteiger partial charge on any atom is 0.417 e. The number of hydrogen-bond donors (Lipinski definition) is 1.